The first-order valence-electron chi connectivity index (χ1n) is 8.66. The first kappa shape index (κ1) is 35.2. The first-order valence-corrected chi connectivity index (χ1v) is 13.6. The molecular weight excluding hydrogens is 584 g/mol. The molecule has 0 heterocycles. The van der Waals surface area contributed by atoms with Crippen LogP contribution in [0.15, 0.2) is 77.3 Å². The van der Waals surface area contributed by atoms with Crippen LogP contribution in [0.4, 0.5) is 0 Å². The molecule has 4 aromatic rings. The number of rotatable bonds is 1. The van der Waals surface area contributed by atoms with E-state index in [0.29, 0.717) is 0 Å². The molecule has 0 amide bonds. The van der Waals surface area contributed by atoms with Gasteiger partial charge in [0.2, 0.25) is 0 Å². The SMILES string of the molecule is Brc1cccc2c(-c3cc4ccccc4[cH-]3)cccc12.CC(C)(C)[NH-].Cl.Cl.[CH3-].[CH3-].[Si]=[Zr]. The Balaban J connectivity index is -0.000000638. The molecule has 1 N–H and O–H groups in total. The molecule has 0 spiro atoms. The molecule has 4 aromatic carbocycles. The van der Waals surface area contributed by atoms with Gasteiger partial charge in [0, 0.05) is 4.47 Å². The molecule has 0 aliphatic rings. The topological polar surface area (TPSA) is 23.8 Å². The van der Waals surface area contributed by atoms with Crippen molar-refractivity contribution in [1.29, 1.82) is 0 Å². The quantitative estimate of drug-likeness (QED) is 0.151. The van der Waals surface area contributed by atoms with E-state index in [0.717, 1.165) is 4.47 Å². The fraction of sp³-hybridized carbons (Fsp3) is 0.160. The standard InChI is InChI=1S/C19H12Br.C4H10N.2CH3.2ClH.Si.Zr/c20-19-10-4-8-17-16(7-3-9-18(17)19)15-11-13-5-1-2-6-14(13)12-15;1-4(2,3)5;;;;;;/h1-12H;5H,1-3H3;2*1H3;2*1H;;/q4*-1;;;;. The number of halogens is 3. The fourth-order valence-electron chi connectivity index (χ4n) is 2.83. The number of nitrogens with one attached hydrogen (secondary N) is 1. The Morgan fingerprint density at radius 1 is 0.839 bits per heavy atom. The van der Waals surface area contributed by atoms with Crippen LogP contribution in [0.2, 0.25) is 0 Å². The van der Waals surface area contributed by atoms with Gasteiger partial charge < -0.3 is 20.6 Å². The van der Waals surface area contributed by atoms with Gasteiger partial charge in [0.25, 0.3) is 0 Å². The van der Waals surface area contributed by atoms with Crippen LogP contribution in [0.1, 0.15) is 20.8 Å². The molecule has 2 radical (unpaired) electrons. The van der Waals surface area contributed by atoms with Gasteiger partial charge in [0.1, 0.15) is 0 Å². The molecule has 0 atom stereocenters. The zero-order chi connectivity index (χ0) is 20.0. The van der Waals surface area contributed by atoms with E-state index in [-0.39, 0.29) is 45.2 Å². The van der Waals surface area contributed by atoms with Crippen molar-refractivity contribution in [1.82, 2.24) is 0 Å². The molecule has 0 aliphatic heterocycles. The van der Waals surface area contributed by atoms with Gasteiger partial charge in [-0.2, -0.15) is 0 Å². The second-order valence-electron chi connectivity index (χ2n) is 7.26. The summed E-state index contributed by atoms with van der Waals surface area (Å²) in [7, 11) is 0. The van der Waals surface area contributed by atoms with Crippen LogP contribution in [-0.2, 0) is 23.3 Å². The Labute approximate surface area is 226 Å². The van der Waals surface area contributed by atoms with Crippen LogP contribution < -0.4 is 0 Å². The Morgan fingerprint density at radius 2 is 1.35 bits per heavy atom. The molecule has 0 aliphatic carbocycles. The van der Waals surface area contributed by atoms with Gasteiger partial charge >= 0.3 is 30.2 Å². The number of hydrogen-bond acceptors (Lipinski definition) is 0. The third kappa shape index (κ3) is 10.4. The van der Waals surface area contributed by atoms with E-state index in [1.54, 1.807) is 0 Å². The average molecular weight is 615 g/mol. The summed E-state index contributed by atoms with van der Waals surface area (Å²) in [5.41, 5.74) is 9.27. The maximum atomic E-state index is 6.94. The Bertz CT molecular complexity index is 1010. The second-order valence-corrected chi connectivity index (χ2v) is 8.12. The van der Waals surface area contributed by atoms with Gasteiger partial charge in [-0.05, 0) is 16.8 Å². The predicted octanol–water partition coefficient (Wildman–Crippen LogP) is 9.34. The molecule has 168 valence electrons. The molecule has 0 fully saturated rings. The molecule has 1 nitrogen and oxygen atoms in total. The first-order chi connectivity index (χ1) is 12.8. The molecule has 0 saturated carbocycles. The zero-order valence-electron chi connectivity index (χ0n) is 18.6. The van der Waals surface area contributed by atoms with Gasteiger partial charge in [0.15, 0.2) is 0 Å². The summed E-state index contributed by atoms with van der Waals surface area (Å²) in [4.78, 5) is 0. The van der Waals surface area contributed by atoms with E-state index in [4.69, 9.17) is 5.73 Å². The summed E-state index contributed by atoms with van der Waals surface area (Å²) in [6, 6.07) is 25.9. The van der Waals surface area contributed by atoms with Gasteiger partial charge in [-0.1, -0.05) is 90.8 Å². The van der Waals surface area contributed by atoms with Crippen LogP contribution in [0, 0.1) is 14.9 Å². The predicted molar refractivity (Wildman–Crippen MR) is 147 cm³/mol. The second kappa shape index (κ2) is 16.3. The summed E-state index contributed by atoms with van der Waals surface area (Å²) in [5, 5.41) is 5.15. The minimum atomic E-state index is -0.250. The van der Waals surface area contributed by atoms with E-state index in [1.807, 2.05) is 20.8 Å². The van der Waals surface area contributed by atoms with E-state index in [1.165, 1.54) is 56.0 Å². The molecule has 0 bridgehead atoms. The van der Waals surface area contributed by atoms with E-state index in [9.17, 15) is 0 Å². The van der Waals surface area contributed by atoms with Gasteiger partial charge in [-0.15, -0.1) is 64.9 Å². The molecule has 0 saturated heterocycles. The summed E-state index contributed by atoms with van der Waals surface area (Å²) in [6.07, 6.45) is 0. The molecule has 0 aromatic heterocycles. The van der Waals surface area contributed by atoms with E-state index < -0.39 is 0 Å². The van der Waals surface area contributed by atoms with Crippen LogP contribution >= 0.6 is 40.7 Å². The normalized spacial score (nSPS) is 9.29. The molecule has 31 heavy (non-hydrogen) atoms. The summed E-state index contributed by atoms with van der Waals surface area (Å²) in [6.45, 7) is 8.62. The third-order valence-electron chi connectivity index (χ3n) is 3.80. The van der Waals surface area contributed by atoms with Crippen molar-refractivity contribution in [2.24, 2.45) is 0 Å². The molecular formula is C25H30BrCl2NSiZr-4. The van der Waals surface area contributed by atoms with Crippen LogP contribution in [0.3, 0.4) is 0 Å². The Morgan fingerprint density at radius 3 is 1.94 bits per heavy atom. The Kier molecular flexibility index (Phi) is 18.5. The van der Waals surface area contributed by atoms with E-state index >= 15 is 0 Å². The number of hydrogen-bond donors (Lipinski definition) is 0. The maximum absolute atomic E-state index is 6.94. The van der Waals surface area contributed by atoms with Crippen LogP contribution in [0.25, 0.3) is 38.4 Å². The molecule has 6 heteroatoms. The summed E-state index contributed by atoms with van der Waals surface area (Å²) >= 11 is 4.99. The zero-order valence-corrected chi connectivity index (χ0v) is 25.3. The van der Waals surface area contributed by atoms with Crippen molar-refractivity contribution in [3.63, 3.8) is 0 Å². The van der Waals surface area contributed by atoms with Crippen LogP contribution in [0.5, 0.6) is 0 Å². The van der Waals surface area contributed by atoms with Crippen molar-refractivity contribution in [3.05, 3.63) is 97.9 Å². The van der Waals surface area contributed by atoms with Crippen molar-refractivity contribution in [2.45, 2.75) is 26.3 Å². The number of fused-ring (bicyclic) bond motifs is 2. The average Bonchev–Trinajstić information content (AvgIpc) is 3.06. The van der Waals surface area contributed by atoms with Gasteiger partial charge in [0.05, 0.1) is 0 Å². The van der Waals surface area contributed by atoms with Crippen molar-refractivity contribution >= 4 is 69.2 Å². The van der Waals surface area contributed by atoms with Crippen LogP contribution in [-0.4, -0.2) is 12.4 Å². The van der Waals surface area contributed by atoms with Crippen molar-refractivity contribution in [2.75, 3.05) is 0 Å². The summed E-state index contributed by atoms with van der Waals surface area (Å²) < 4.78 is 1.15. The van der Waals surface area contributed by atoms with Gasteiger partial charge in [-0.3, -0.25) is 0 Å². The Hall–Kier alpha value is -0.350. The molecule has 4 rings (SSSR count). The minimum absolute atomic E-state index is 0. The van der Waals surface area contributed by atoms with Crippen molar-refractivity contribution < 1.29 is 23.3 Å². The van der Waals surface area contributed by atoms with Crippen molar-refractivity contribution in [3.8, 4) is 11.1 Å². The monoisotopic (exact) mass is 611 g/mol. The molecule has 0 unspecified atom stereocenters. The third-order valence-corrected chi connectivity index (χ3v) is 4.49. The summed E-state index contributed by atoms with van der Waals surface area (Å²) in [5.74, 6) is 0. The van der Waals surface area contributed by atoms with E-state index in [2.05, 4.69) is 95.6 Å². The van der Waals surface area contributed by atoms with Gasteiger partial charge in [-0.25, -0.2) is 0 Å². The number of benzene rings is 3. The fourth-order valence-corrected chi connectivity index (χ4v) is 3.33.